The van der Waals surface area contributed by atoms with E-state index in [2.05, 4.69) is 5.32 Å². The van der Waals surface area contributed by atoms with E-state index in [1.54, 1.807) is 18.2 Å². The Kier molecular flexibility index (Phi) is 5.51. The Bertz CT molecular complexity index is 679. The molecule has 0 spiro atoms. The lowest BCUT2D eigenvalue weighted by Crippen LogP contribution is -2.36. The molecule has 0 bridgehead atoms. The van der Waals surface area contributed by atoms with Crippen LogP contribution in [0.3, 0.4) is 0 Å². The molecule has 1 amide bonds. The zero-order chi connectivity index (χ0) is 18.7. The third kappa shape index (κ3) is 4.75. The molecule has 1 saturated carbocycles. The molecule has 0 aromatic heterocycles. The lowest BCUT2D eigenvalue weighted by molar-refractivity contribution is -0.0681. The number of rotatable bonds is 1. The van der Waals surface area contributed by atoms with E-state index in [0.717, 1.165) is 31.2 Å². The van der Waals surface area contributed by atoms with Crippen LogP contribution in [0.4, 0.5) is 10.5 Å². The first-order valence-corrected chi connectivity index (χ1v) is 9.27. The van der Waals surface area contributed by atoms with Crippen LogP contribution < -0.4 is 5.32 Å². The molecule has 142 valence electrons. The summed E-state index contributed by atoms with van der Waals surface area (Å²) in [5.41, 5.74) is 1.36. The van der Waals surface area contributed by atoms with Gasteiger partial charge >= 0.3 is 12.1 Å². The molecule has 1 aliphatic carbocycles. The van der Waals surface area contributed by atoms with Gasteiger partial charge in [-0.25, -0.2) is 9.59 Å². The average Bonchev–Trinajstić information content (AvgIpc) is 2.60. The van der Waals surface area contributed by atoms with Gasteiger partial charge in [0.15, 0.2) is 0 Å². The maximum atomic E-state index is 12.6. The third-order valence-corrected chi connectivity index (χ3v) is 4.57. The molecule has 2 unspecified atom stereocenters. The van der Waals surface area contributed by atoms with Crippen molar-refractivity contribution in [2.45, 2.75) is 70.7 Å². The molecule has 1 heterocycles. The Labute approximate surface area is 154 Å². The van der Waals surface area contributed by atoms with Crippen molar-refractivity contribution in [3.8, 4) is 0 Å². The third-order valence-electron chi connectivity index (χ3n) is 4.57. The smallest absolute Gasteiger partial charge is 0.412 e. The summed E-state index contributed by atoms with van der Waals surface area (Å²) in [4.78, 5) is 24.6. The minimum absolute atomic E-state index is 0.0126. The average molecular weight is 361 g/mol. The molecular formula is C20H27NO5. The number of benzene rings is 1. The van der Waals surface area contributed by atoms with Crippen molar-refractivity contribution in [3.05, 3.63) is 29.3 Å². The van der Waals surface area contributed by atoms with Gasteiger partial charge in [-0.1, -0.05) is 6.42 Å². The molecule has 1 aromatic carbocycles. The summed E-state index contributed by atoms with van der Waals surface area (Å²) in [5.74, 6) is -0.314. The van der Waals surface area contributed by atoms with Crippen molar-refractivity contribution < 1.29 is 23.8 Å². The highest BCUT2D eigenvalue weighted by molar-refractivity contribution is 5.93. The first-order chi connectivity index (χ1) is 12.3. The standard InChI is InChI=1S/C20H27NO5/c1-20(2,3)26-19(23)21-14-8-9-15-13(12-14)10-11-24-16-6-4-5-7-17(16)25-18(15)22/h8-9,12,16-17H,4-7,10-11H2,1-3H3,(H,21,23). The van der Waals surface area contributed by atoms with Gasteiger partial charge in [-0.15, -0.1) is 0 Å². The number of nitrogens with one attached hydrogen (secondary N) is 1. The van der Waals surface area contributed by atoms with Crippen LogP contribution in [0.2, 0.25) is 0 Å². The fraction of sp³-hybridized carbons (Fsp3) is 0.600. The van der Waals surface area contributed by atoms with Gasteiger partial charge in [-0.05, 0) is 70.2 Å². The van der Waals surface area contributed by atoms with Crippen molar-refractivity contribution in [1.29, 1.82) is 0 Å². The van der Waals surface area contributed by atoms with Crippen molar-refractivity contribution in [2.24, 2.45) is 0 Å². The largest absolute Gasteiger partial charge is 0.456 e. The van der Waals surface area contributed by atoms with Gasteiger partial charge in [0.05, 0.1) is 18.3 Å². The normalized spacial score (nSPS) is 23.4. The van der Waals surface area contributed by atoms with E-state index >= 15 is 0 Å². The molecular weight excluding hydrogens is 334 g/mol. The fourth-order valence-corrected chi connectivity index (χ4v) is 3.41. The maximum Gasteiger partial charge on any atom is 0.412 e. The lowest BCUT2D eigenvalue weighted by atomic mass is 9.94. The van der Waals surface area contributed by atoms with Crippen LogP contribution in [-0.2, 0) is 20.6 Å². The second-order valence-electron chi connectivity index (χ2n) is 7.89. The van der Waals surface area contributed by atoms with Crippen LogP contribution in [0.25, 0.3) is 0 Å². The number of carbonyl (C=O) groups is 2. The highest BCUT2D eigenvalue weighted by Gasteiger charge is 2.31. The Morgan fingerprint density at radius 3 is 2.65 bits per heavy atom. The van der Waals surface area contributed by atoms with Gasteiger partial charge in [-0.3, -0.25) is 5.32 Å². The predicted octanol–water partition coefficient (Wildman–Crippen LogP) is 4.07. The van der Waals surface area contributed by atoms with Gasteiger partial charge in [0.2, 0.25) is 0 Å². The second kappa shape index (κ2) is 7.66. The summed E-state index contributed by atoms with van der Waals surface area (Å²) < 4.78 is 17.0. The number of amides is 1. The van der Waals surface area contributed by atoms with Crippen molar-refractivity contribution in [1.82, 2.24) is 0 Å². The molecule has 26 heavy (non-hydrogen) atoms. The van der Waals surface area contributed by atoms with Crippen LogP contribution >= 0.6 is 0 Å². The van der Waals surface area contributed by atoms with Gasteiger partial charge in [-0.2, -0.15) is 0 Å². The molecule has 6 heteroatoms. The van der Waals surface area contributed by atoms with Crippen LogP contribution in [-0.4, -0.2) is 36.5 Å². The topological polar surface area (TPSA) is 73.9 Å². The summed E-state index contributed by atoms with van der Waals surface area (Å²) in [7, 11) is 0. The molecule has 2 atom stereocenters. The number of hydrogen-bond donors (Lipinski definition) is 1. The highest BCUT2D eigenvalue weighted by atomic mass is 16.6. The highest BCUT2D eigenvalue weighted by Crippen LogP contribution is 2.28. The summed E-state index contributed by atoms with van der Waals surface area (Å²) in [6.07, 6.45) is 3.84. The molecule has 1 aliphatic heterocycles. The Morgan fingerprint density at radius 2 is 1.92 bits per heavy atom. The van der Waals surface area contributed by atoms with Crippen LogP contribution in [0.15, 0.2) is 18.2 Å². The number of esters is 1. The van der Waals surface area contributed by atoms with E-state index in [9.17, 15) is 9.59 Å². The van der Waals surface area contributed by atoms with Crippen molar-refractivity contribution in [3.63, 3.8) is 0 Å². The summed E-state index contributed by atoms with van der Waals surface area (Å²) in [5, 5.41) is 2.71. The molecule has 3 rings (SSSR count). The fourth-order valence-electron chi connectivity index (χ4n) is 3.41. The van der Waals surface area contributed by atoms with E-state index < -0.39 is 11.7 Å². The minimum atomic E-state index is -0.570. The maximum absolute atomic E-state index is 12.6. The molecule has 1 fully saturated rings. The van der Waals surface area contributed by atoms with Crippen LogP contribution in [0.5, 0.6) is 0 Å². The minimum Gasteiger partial charge on any atom is -0.456 e. The molecule has 0 saturated heterocycles. The van der Waals surface area contributed by atoms with Gasteiger partial charge in [0.1, 0.15) is 11.7 Å². The van der Waals surface area contributed by atoms with Gasteiger partial charge in [0, 0.05) is 5.69 Å². The number of ether oxygens (including phenoxy) is 3. The second-order valence-corrected chi connectivity index (χ2v) is 7.89. The predicted molar refractivity (Wildman–Crippen MR) is 97.4 cm³/mol. The molecule has 2 aliphatic rings. The van der Waals surface area contributed by atoms with Crippen LogP contribution in [0, 0.1) is 0 Å². The zero-order valence-corrected chi connectivity index (χ0v) is 15.7. The number of carbonyl (C=O) groups excluding carboxylic acids is 2. The van der Waals surface area contributed by atoms with E-state index in [1.165, 1.54) is 0 Å². The zero-order valence-electron chi connectivity index (χ0n) is 15.7. The molecule has 1 N–H and O–H groups in total. The SMILES string of the molecule is CC(C)(C)OC(=O)Nc1ccc2c(c1)CCOC1CCCCC1OC2=O. The van der Waals surface area contributed by atoms with Crippen molar-refractivity contribution in [2.75, 3.05) is 11.9 Å². The van der Waals surface area contributed by atoms with E-state index in [1.807, 2.05) is 20.8 Å². The molecule has 0 radical (unpaired) electrons. The quantitative estimate of drug-likeness (QED) is 0.763. The van der Waals surface area contributed by atoms with E-state index in [-0.39, 0.29) is 18.2 Å². The summed E-state index contributed by atoms with van der Waals surface area (Å²) in [6.45, 7) is 5.96. The first-order valence-electron chi connectivity index (χ1n) is 9.27. The Morgan fingerprint density at radius 1 is 1.19 bits per heavy atom. The number of fused-ring (bicyclic) bond motifs is 2. The van der Waals surface area contributed by atoms with Gasteiger partial charge < -0.3 is 14.2 Å². The number of anilines is 1. The summed E-state index contributed by atoms with van der Waals surface area (Å²) >= 11 is 0. The van der Waals surface area contributed by atoms with E-state index in [0.29, 0.717) is 24.3 Å². The number of hydrogen-bond acceptors (Lipinski definition) is 5. The summed E-state index contributed by atoms with van der Waals surface area (Å²) in [6, 6.07) is 5.19. The molecule has 6 nitrogen and oxygen atoms in total. The molecule has 1 aromatic rings. The Hall–Kier alpha value is -2.08. The first kappa shape index (κ1) is 18.7. The lowest BCUT2D eigenvalue weighted by Gasteiger charge is -2.30. The van der Waals surface area contributed by atoms with Crippen molar-refractivity contribution >= 4 is 17.7 Å². The van der Waals surface area contributed by atoms with Gasteiger partial charge in [0.25, 0.3) is 0 Å². The van der Waals surface area contributed by atoms with Crippen LogP contribution in [0.1, 0.15) is 62.4 Å². The monoisotopic (exact) mass is 361 g/mol. The van der Waals surface area contributed by atoms with E-state index in [4.69, 9.17) is 14.2 Å². The Balaban J connectivity index is 1.76.